The van der Waals surface area contributed by atoms with Crippen LogP contribution in [0.2, 0.25) is 0 Å². The second-order valence-corrected chi connectivity index (χ2v) is 4.84. The van der Waals surface area contributed by atoms with Crippen LogP contribution in [0.3, 0.4) is 0 Å². The minimum absolute atomic E-state index is 0.127. The van der Waals surface area contributed by atoms with Crippen LogP contribution in [-0.2, 0) is 0 Å². The van der Waals surface area contributed by atoms with E-state index in [2.05, 4.69) is 51.2 Å². The maximum atomic E-state index is 5.85. The van der Waals surface area contributed by atoms with Crippen molar-refractivity contribution in [3.05, 3.63) is 23.8 Å². The van der Waals surface area contributed by atoms with Gasteiger partial charge in [-0.15, -0.1) is 0 Å². The van der Waals surface area contributed by atoms with Gasteiger partial charge in [0.1, 0.15) is 5.75 Å². The molecular weight excluding hydrogens is 186 g/mol. The van der Waals surface area contributed by atoms with Gasteiger partial charge < -0.3 is 10.1 Å². The molecule has 2 nitrogen and oxygen atoms in total. The molecule has 82 valence electrons. The maximum absolute atomic E-state index is 5.85. The third kappa shape index (κ3) is 1.94. The Morgan fingerprint density at radius 1 is 1.20 bits per heavy atom. The fourth-order valence-corrected chi connectivity index (χ4v) is 1.74. The zero-order valence-electron chi connectivity index (χ0n) is 9.87. The predicted molar refractivity (Wildman–Crippen MR) is 63.4 cm³/mol. The number of rotatable bonds is 2. The zero-order chi connectivity index (χ0) is 11.0. The number of hydrogen-bond acceptors (Lipinski definition) is 2. The monoisotopic (exact) mass is 205 g/mol. The van der Waals surface area contributed by atoms with E-state index in [0.29, 0.717) is 11.8 Å². The molecule has 1 aromatic carbocycles. The van der Waals surface area contributed by atoms with E-state index in [0.717, 1.165) is 11.4 Å². The molecule has 1 aromatic rings. The molecule has 0 spiro atoms. The van der Waals surface area contributed by atoms with Gasteiger partial charge in [-0.2, -0.15) is 0 Å². The minimum Gasteiger partial charge on any atom is -0.468 e. The van der Waals surface area contributed by atoms with Gasteiger partial charge in [0, 0.05) is 5.92 Å². The molecule has 1 N–H and O–H groups in total. The average molecular weight is 205 g/mol. The molecule has 0 saturated heterocycles. The number of nitrogens with one attached hydrogen (secondary N) is 1. The van der Waals surface area contributed by atoms with Crippen molar-refractivity contribution in [1.29, 1.82) is 0 Å². The Balaban J connectivity index is 2.24. The van der Waals surface area contributed by atoms with Crippen molar-refractivity contribution in [2.45, 2.75) is 39.8 Å². The number of hydrogen-bond donors (Lipinski definition) is 1. The molecule has 0 fully saturated rings. The van der Waals surface area contributed by atoms with E-state index in [1.54, 1.807) is 0 Å². The van der Waals surface area contributed by atoms with Gasteiger partial charge in [0.25, 0.3) is 0 Å². The molecule has 0 aromatic heterocycles. The molecular formula is C13H19NO. The first kappa shape index (κ1) is 10.3. The molecule has 0 saturated carbocycles. The van der Waals surface area contributed by atoms with E-state index < -0.39 is 0 Å². The highest BCUT2D eigenvalue weighted by Crippen LogP contribution is 2.36. The van der Waals surface area contributed by atoms with Gasteiger partial charge in [0.15, 0.2) is 6.23 Å². The van der Waals surface area contributed by atoms with Crippen molar-refractivity contribution in [2.24, 2.45) is 5.92 Å². The number of fused-ring (bicyclic) bond motifs is 1. The van der Waals surface area contributed by atoms with Crippen molar-refractivity contribution in [3.63, 3.8) is 0 Å². The highest BCUT2D eigenvalue weighted by atomic mass is 16.5. The lowest BCUT2D eigenvalue weighted by Gasteiger charge is -2.14. The van der Waals surface area contributed by atoms with E-state index in [1.165, 1.54) is 5.56 Å². The van der Waals surface area contributed by atoms with E-state index in [4.69, 9.17) is 4.74 Å². The van der Waals surface area contributed by atoms with Crippen LogP contribution in [0.1, 0.15) is 39.2 Å². The SMILES string of the molecule is CC(C)c1ccc2c(c1)OC(C(C)C)N2. The summed E-state index contributed by atoms with van der Waals surface area (Å²) in [6, 6.07) is 6.44. The third-order valence-corrected chi connectivity index (χ3v) is 2.83. The van der Waals surface area contributed by atoms with Crippen LogP contribution in [0.5, 0.6) is 5.75 Å². The predicted octanol–water partition coefficient (Wildman–Crippen LogP) is 3.60. The van der Waals surface area contributed by atoms with Gasteiger partial charge in [-0.1, -0.05) is 33.8 Å². The zero-order valence-corrected chi connectivity index (χ0v) is 9.87. The Labute approximate surface area is 91.6 Å². The van der Waals surface area contributed by atoms with Gasteiger partial charge in [-0.05, 0) is 23.6 Å². The summed E-state index contributed by atoms with van der Waals surface area (Å²) >= 11 is 0. The standard InChI is InChI=1S/C13H19NO/c1-8(2)10-5-6-11-12(7-10)15-13(14-11)9(3)4/h5-9,13-14H,1-4H3. The molecule has 15 heavy (non-hydrogen) atoms. The first-order valence-corrected chi connectivity index (χ1v) is 5.65. The number of anilines is 1. The van der Waals surface area contributed by atoms with Crippen LogP contribution in [-0.4, -0.2) is 6.23 Å². The van der Waals surface area contributed by atoms with E-state index in [1.807, 2.05) is 0 Å². The lowest BCUT2D eigenvalue weighted by atomic mass is 10.0. The van der Waals surface area contributed by atoms with Crippen molar-refractivity contribution >= 4 is 5.69 Å². The normalized spacial score (nSPS) is 18.9. The summed E-state index contributed by atoms with van der Waals surface area (Å²) in [6.45, 7) is 8.72. The molecule has 0 amide bonds. The topological polar surface area (TPSA) is 21.3 Å². The van der Waals surface area contributed by atoms with Crippen LogP contribution in [0.4, 0.5) is 5.69 Å². The van der Waals surface area contributed by atoms with Gasteiger partial charge >= 0.3 is 0 Å². The summed E-state index contributed by atoms with van der Waals surface area (Å²) in [5, 5.41) is 3.38. The van der Waals surface area contributed by atoms with Gasteiger partial charge in [0.05, 0.1) is 5.69 Å². The minimum atomic E-state index is 0.127. The third-order valence-electron chi connectivity index (χ3n) is 2.83. The lowest BCUT2D eigenvalue weighted by Crippen LogP contribution is -2.26. The highest BCUT2D eigenvalue weighted by Gasteiger charge is 2.24. The molecule has 2 heteroatoms. The molecule has 0 bridgehead atoms. The largest absolute Gasteiger partial charge is 0.468 e. The quantitative estimate of drug-likeness (QED) is 0.796. The molecule has 1 atom stereocenters. The summed E-state index contributed by atoms with van der Waals surface area (Å²) < 4.78 is 5.85. The second-order valence-electron chi connectivity index (χ2n) is 4.84. The first-order chi connectivity index (χ1) is 7.08. The van der Waals surface area contributed by atoms with Crippen molar-refractivity contribution in [1.82, 2.24) is 0 Å². The van der Waals surface area contributed by atoms with Crippen LogP contribution in [0.15, 0.2) is 18.2 Å². The Hall–Kier alpha value is -1.18. The second kappa shape index (κ2) is 3.76. The smallest absolute Gasteiger partial charge is 0.172 e. The lowest BCUT2D eigenvalue weighted by molar-refractivity contribution is 0.199. The number of benzene rings is 1. The van der Waals surface area contributed by atoms with Gasteiger partial charge in [-0.25, -0.2) is 0 Å². The Bertz CT molecular complexity index is 358. The Kier molecular flexibility index (Phi) is 2.59. The molecule has 1 aliphatic heterocycles. The summed E-state index contributed by atoms with van der Waals surface area (Å²) in [6.07, 6.45) is 0.127. The summed E-state index contributed by atoms with van der Waals surface area (Å²) in [4.78, 5) is 0. The maximum Gasteiger partial charge on any atom is 0.172 e. The molecule has 0 radical (unpaired) electrons. The van der Waals surface area contributed by atoms with Crippen LogP contribution in [0, 0.1) is 5.92 Å². The van der Waals surface area contributed by atoms with E-state index in [9.17, 15) is 0 Å². The summed E-state index contributed by atoms with van der Waals surface area (Å²) in [7, 11) is 0. The Morgan fingerprint density at radius 3 is 2.53 bits per heavy atom. The molecule has 2 rings (SSSR count). The van der Waals surface area contributed by atoms with Crippen molar-refractivity contribution in [2.75, 3.05) is 5.32 Å². The van der Waals surface area contributed by atoms with Gasteiger partial charge in [-0.3, -0.25) is 0 Å². The van der Waals surface area contributed by atoms with Crippen molar-refractivity contribution in [3.8, 4) is 5.75 Å². The average Bonchev–Trinajstić information content (AvgIpc) is 2.59. The summed E-state index contributed by atoms with van der Waals surface area (Å²) in [5.41, 5.74) is 2.46. The van der Waals surface area contributed by atoms with Crippen molar-refractivity contribution < 1.29 is 4.74 Å². The van der Waals surface area contributed by atoms with Crippen LogP contribution >= 0.6 is 0 Å². The highest BCUT2D eigenvalue weighted by molar-refractivity contribution is 5.61. The molecule has 1 unspecified atom stereocenters. The fourth-order valence-electron chi connectivity index (χ4n) is 1.74. The van der Waals surface area contributed by atoms with Gasteiger partial charge in [0.2, 0.25) is 0 Å². The fraction of sp³-hybridized carbons (Fsp3) is 0.538. The van der Waals surface area contributed by atoms with Crippen LogP contribution < -0.4 is 10.1 Å². The van der Waals surface area contributed by atoms with E-state index >= 15 is 0 Å². The first-order valence-electron chi connectivity index (χ1n) is 5.65. The molecule has 1 aliphatic rings. The van der Waals surface area contributed by atoms with E-state index in [-0.39, 0.29) is 6.23 Å². The molecule has 1 heterocycles. The van der Waals surface area contributed by atoms with Crippen LogP contribution in [0.25, 0.3) is 0 Å². The Morgan fingerprint density at radius 2 is 1.93 bits per heavy atom. The summed E-state index contributed by atoms with van der Waals surface area (Å²) in [5.74, 6) is 2.04. The number of ether oxygens (including phenoxy) is 1. The molecule has 0 aliphatic carbocycles.